The van der Waals surface area contributed by atoms with Crippen molar-refractivity contribution in [1.82, 2.24) is 9.97 Å². The van der Waals surface area contributed by atoms with Crippen LogP contribution in [0.4, 0.5) is 5.82 Å². The van der Waals surface area contributed by atoms with Gasteiger partial charge in [-0.3, -0.25) is 0 Å². The molecule has 3 nitrogen and oxygen atoms in total. The van der Waals surface area contributed by atoms with Crippen LogP contribution in [0.1, 0.15) is 29.8 Å². The minimum absolute atomic E-state index is 1.04. The van der Waals surface area contributed by atoms with Gasteiger partial charge in [0.25, 0.3) is 0 Å². The van der Waals surface area contributed by atoms with Gasteiger partial charge in [0.1, 0.15) is 10.8 Å². The zero-order valence-electron chi connectivity index (χ0n) is 15.1. The molecular formula is C23H21N3S. The van der Waals surface area contributed by atoms with E-state index in [1.165, 1.54) is 34.9 Å². The fraction of sp³-hybridized carbons (Fsp3) is 0.217. The van der Waals surface area contributed by atoms with Crippen molar-refractivity contribution in [3.8, 4) is 0 Å². The van der Waals surface area contributed by atoms with E-state index in [0.29, 0.717) is 0 Å². The molecule has 5 rings (SSSR count). The molecule has 4 heteroatoms. The lowest BCUT2D eigenvalue weighted by Crippen LogP contribution is -2.30. The van der Waals surface area contributed by atoms with Crippen molar-refractivity contribution in [2.45, 2.75) is 19.3 Å². The lowest BCUT2D eigenvalue weighted by molar-refractivity contribution is 0.574. The lowest BCUT2D eigenvalue weighted by Gasteiger charge is -2.29. The number of hydrogen-bond acceptors (Lipinski definition) is 4. The van der Waals surface area contributed by atoms with Gasteiger partial charge in [0.15, 0.2) is 0 Å². The molecule has 2 aromatic carbocycles. The monoisotopic (exact) mass is 371 g/mol. The summed E-state index contributed by atoms with van der Waals surface area (Å²) in [5.41, 5.74) is 3.31. The van der Waals surface area contributed by atoms with E-state index in [1.54, 1.807) is 11.3 Å². The molecule has 1 saturated heterocycles. The number of pyridine rings is 1. The average molecular weight is 372 g/mol. The number of anilines is 1. The van der Waals surface area contributed by atoms with E-state index >= 15 is 0 Å². The molecule has 0 unspecified atom stereocenters. The molecule has 0 amide bonds. The normalized spacial score (nSPS) is 15.2. The second-order valence-electron chi connectivity index (χ2n) is 6.99. The third-order valence-corrected chi connectivity index (χ3v) is 6.11. The van der Waals surface area contributed by atoms with Crippen molar-refractivity contribution in [3.63, 3.8) is 0 Å². The van der Waals surface area contributed by atoms with Gasteiger partial charge in [-0.15, -0.1) is 11.3 Å². The van der Waals surface area contributed by atoms with E-state index in [4.69, 9.17) is 9.97 Å². The van der Waals surface area contributed by atoms with Crippen LogP contribution in [0, 0.1) is 0 Å². The van der Waals surface area contributed by atoms with Crippen molar-refractivity contribution in [1.29, 1.82) is 0 Å². The van der Waals surface area contributed by atoms with Gasteiger partial charge < -0.3 is 4.90 Å². The van der Waals surface area contributed by atoms with Gasteiger partial charge in [-0.1, -0.05) is 30.3 Å². The Labute approximate surface area is 163 Å². The van der Waals surface area contributed by atoms with Crippen LogP contribution in [0.3, 0.4) is 0 Å². The van der Waals surface area contributed by atoms with Crippen molar-refractivity contribution >= 4 is 50.4 Å². The molecule has 2 aromatic heterocycles. The van der Waals surface area contributed by atoms with Crippen LogP contribution in [0.25, 0.3) is 33.3 Å². The maximum atomic E-state index is 5.01. The van der Waals surface area contributed by atoms with Crippen molar-refractivity contribution in [2.24, 2.45) is 0 Å². The highest BCUT2D eigenvalue weighted by Gasteiger charge is 2.16. The van der Waals surface area contributed by atoms with Crippen molar-refractivity contribution < 1.29 is 0 Å². The molecule has 0 bridgehead atoms. The van der Waals surface area contributed by atoms with Gasteiger partial charge in [-0.05, 0) is 55.7 Å². The molecule has 0 saturated carbocycles. The third kappa shape index (κ3) is 3.33. The number of benzene rings is 2. The molecule has 134 valence electrons. The Hall–Kier alpha value is -2.72. The maximum absolute atomic E-state index is 5.01. The molecule has 0 spiro atoms. The highest BCUT2D eigenvalue weighted by atomic mass is 32.1. The van der Waals surface area contributed by atoms with Crippen LogP contribution in [-0.2, 0) is 0 Å². The summed E-state index contributed by atoms with van der Waals surface area (Å²) in [5.74, 6) is 1.10. The van der Waals surface area contributed by atoms with Gasteiger partial charge >= 0.3 is 0 Å². The Bertz CT molecular complexity index is 1090. The summed E-state index contributed by atoms with van der Waals surface area (Å²) in [6.07, 6.45) is 8.12. The van der Waals surface area contributed by atoms with Gasteiger partial charge in [0, 0.05) is 24.0 Å². The highest BCUT2D eigenvalue weighted by Crippen LogP contribution is 2.29. The summed E-state index contributed by atoms with van der Waals surface area (Å²) in [5, 5.41) is 2.22. The Morgan fingerprint density at radius 3 is 2.44 bits per heavy atom. The maximum Gasteiger partial charge on any atom is 0.136 e. The van der Waals surface area contributed by atoms with Gasteiger partial charge in [-0.2, -0.15) is 0 Å². The summed E-state index contributed by atoms with van der Waals surface area (Å²) in [6, 6.07) is 18.9. The smallest absolute Gasteiger partial charge is 0.136 e. The molecule has 3 heterocycles. The zero-order valence-corrected chi connectivity index (χ0v) is 16.0. The molecule has 0 aliphatic carbocycles. The summed E-state index contributed by atoms with van der Waals surface area (Å²) < 4.78 is 1.23. The first kappa shape index (κ1) is 16.5. The summed E-state index contributed by atoms with van der Waals surface area (Å²) in [4.78, 5) is 12.2. The Kier molecular flexibility index (Phi) is 4.34. The van der Waals surface area contributed by atoms with Gasteiger partial charge in [-0.25, -0.2) is 9.97 Å². The molecular weight excluding hydrogens is 350 g/mol. The molecule has 1 fully saturated rings. The van der Waals surface area contributed by atoms with E-state index in [1.807, 2.05) is 6.07 Å². The molecule has 0 radical (unpaired) electrons. The quantitative estimate of drug-likeness (QED) is 0.442. The molecule has 4 aromatic rings. The largest absolute Gasteiger partial charge is 0.356 e. The van der Waals surface area contributed by atoms with Crippen molar-refractivity contribution in [2.75, 3.05) is 18.0 Å². The number of hydrogen-bond donors (Lipinski definition) is 0. The predicted octanol–water partition coefficient (Wildman–Crippen LogP) is 6.01. The SMILES string of the molecule is C(=Cc1cc2ccccc2nc1N1CCCCC1)c1nc2ccccc2s1. The Morgan fingerprint density at radius 2 is 1.59 bits per heavy atom. The number of rotatable bonds is 3. The van der Waals surface area contributed by atoms with Crippen LogP contribution >= 0.6 is 11.3 Å². The topological polar surface area (TPSA) is 29.0 Å². The number of aromatic nitrogens is 2. The standard InChI is InChI=1S/C23H21N3S/c1-6-14-26(15-7-1)23-18(16-17-8-2-3-9-19(17)25-23)12-13-22-24-20-10-4-5-11-21(20)27-22/h2-5,8-13,16H,1,6-7,14-15H2. The van der Waals surface area contributed by atoms with E-state index in [0.717, 1.165) is 34.9 Å². The van der Waals surface area contributed by atoms with Crippen molar-refractivity contribution in [3.05, 3.63) is 65.2 Å². The second-order valence-corrected chi connectivity index (χ2v) is 8.06. The zero-order chi connectivity index (χ0) is 18.1. The van der Waals surface area contributed by atoms with E-state index < -0.39 is 0 Å². The first-order valence-electron chi connectivity index (χ1n) is 9.55. The van der Waals surface area contributed by atoms with E-state index in [2.05, 4.69) is 65.6 Å². The van der Waals surface area contributed by atoms with Crippen LogP contribution in [0.2, 0.25) is 0 Å². The highest BCUT2D eigenvalue weighted by molar-refractivity contribution is 7.19. The average Bonchev–Trinajstić information content (AvgIpc) is 3.15. The second kappa shape index (κ2) is 7.12. The Morgan fingerprint density at radius 1 is 0.815 bits per heavy atom. The van der Waals surface area contributed by atoms with Crippen LogP contribution in [0.5, 0.6) is 0 Å². The summed E-state index contributed by atoms with van der Waals surface area (Å²) >= 11 is 1.73. The van der Waals surface area contributed by atoms with Crippen LogP contribution in [-0.4, -0.2) is 23.1 Å². The summed E-state index contributed by atoms with van der Waals surface area (Å²) in [6.45, 7) is 2.18. The summed E-state index contributed by atoms with van der Waals surface area (Å²) in [7, 11) is 0. The number of piperidine rings is 1. The minimum Gasteiger partial charge on any atom is -0.356 e. The molecule has 1 aliphatic heterocycles. The fourth-order valence-corrected chi connectivity index (χ4v) is 4.60. The first-order valence-corrected chi connectivity index (χ1v) is 10.4. The lowest BCUT2D eigenvalue weighted by atomic mass is 10.1. The molecule has 0 N–H and O–H groups in total. The number of nitrogens with zero attached hydrogens (tertiary/aromatic N) is 3. The van der Waals surface area contributed by atoms with E-state index in [-0.39, 0.29) is 0 Å². The van der Waals surface area contributed by atoms with Gasteiger partial charge in [0.2, 0.25) is 0 Å². The predicted molar refractivity (Wildman–Crippen MR) is 116 cm³/mol. The molecule has 1 aliphatic rings. The van der Waals surface area contributed by atoms with Gasteiger partial charge in [0.05, 0.1) is 15.7 Å². The Balaban J connectivity index is 1.57. The minimum atomic E-state index is 1.04. The third-order valence-electron chi connectivity index (χ3n) is 5.10. The van der Waals surface area contributed by atoms with E-state index in [9.17, 15) is 0 Å². The number of para-hydroxylation sites is 2. The fourth-order valence-electron chi connectivity index (χ4n) is 3.73. The van der Waals surface area contributed by atoms with Crippen LogP contribution in [0.15, 0.2) is 54.6 Å². The first-order chi connectivity index (χ1) is 13.4. The number of fused-ring (bicyclic) bond motifs is 2. The van der Waals surface area contributed by atoms with Crippen LogP contribution < -0.4 is 4.90 Å². The number of thiazole rings is 1. The molecule has 0 atom stereocenters. The molecule has 27 heavy (non-hydrogen) atoms.